The summed E-state index contributed by atoms with van der Waals surface area (Å²) in [5.74, 6) is -0.00503. The summed E-state index contributed by atoms with van der Waals surface area (Å²) in [5, 5.41) is 8.85. The molecule has 0 amide bonds. The maximum Gasteiger partial charge on any atom is 0.330 e. The molecule has 0 fully saturated rings. The van der Waals surface area contributed by atoms with Crippen molar-refractivity contribution in [2.24, 2.45) is 0 Å². The Kier molecular flexibility index (Phi) is 4.10. The maximum atomic E-state index is 10.9. The minimum Gasteiger partial charge on any atom is -0.495 e. The number of rotatable bonds is 3. The van der Waals surface area contributed by atoms with Crippen molar-refractivity contribution in [3.63, 3.8) is 0 Å². The Bertz CT molecular complexity index is 458. The number of para-hydroxylation sites is 1. The zero-order valence-electron chi connectivity index (χ0n) is 9.06. The molecule has 1 aromatic carbocycles. The van der Waals surface area contributed by atoms with Gasteiger partial charge in [0, 0.05) is 11.6 Å². The lowest BCUT2D eigenvalue weighted by Crippen LogP contribution is -1.95. The van der Waals surface area contributed by atoms with Crippen molar-refractivity contribution in [1.29, 1.82) is 5.26 Å². The van der Waals surface area contributed by atoms with E-state index in [0.29, 0.717) is 16.9 Å². The van der Waals surface area contributed by atoms with Crippen LogP contribution in [0.3, 0.4) is 0 Å². The maximum absolute atomic E-state index is 10.9. The average Bonchev–Trinajstić information content (AvgIpc) is 2.34. The number of nitrogens with zero attached hydrogens (tertiary/aromatic N) is 1. The van der Waals surface area contributed by atoms with Gasteiger partial charge in [0.2, 0.25) is 0 Å². The molecule has 0 aliphatic carbocycles. The molecule has 0 aliphatic rings. The second-order valence-corrected chi connectivity index (χ2v) is 2.90. The van der Waals surface area contributed by atoms with Crippen LogP contribution in [0.1, 0.15) is 11.1 Å². The molecule has 0 saturated heterocycles. The van der Waals surface area contributed by atoms with Gasteiger partial charge >= 0.3 is 5.97 Å². The van der Waals surface area contributed by atoms with Gasteiger partial charge in [-0.05, 0) is 12.1 Å². The van der Waals surface area contributed by atoms with Crippen LogP contribution in [-0.4, -0.2) is 20.2 Å². The van der Waals surface area contributed by atoms with Crippen molar-refractivity contribution in [2.45, 2.75) is 0 Å². The lowest BCUT2D eigenvalue weighted by molar-refractivity contribution is -0.134. The number of hydrogen-bond acceptors (Lipinski definition) is 4. The molecule has 0 unspecified atom stereocenters. The van der Waals surface area contributed by atoms with Gasteiger partial charge in [-0.3, -0.25) is 0 Å². The van der Waals surface area contributed by atoms with Crippen LogP contribution >= 0.6 is 0 Å². The second kappa shape index (κ2) is 5.56. The number of esters is 1. The second-order valence-electron chi connectivity index (χ2n) is 2.90. The number of ether oxygens (including phenoxy) is 2. The zero-order valence-corrected chi connectivity index (χ0v) is 9.06. The van der Waals surface area contributed by atoms with E-state index in [4.69, 9.17) is 10.00 Å². The molecule has 0 radical (unpaired) electrons. The third-order valence-corrected chi connectivity index (χ3v) is 1.97. The molecule has 16 heavy (non-hydrogen) atoms. The highest BCUT2D eigenvalue weighted by molar-refractivity contribution is 5.87. The van der Waals surface area contributed by atoms with Crippen molar-refractivity contribution in [3.05, 3.63) is 35.4 Å². The van der Waals surface area contributed by atoms with Crippen LogP contribution in [0, 0.1) is 11.3 Å². The van der Waals surface area contributed by atoms with Crippen LogP contribution < -0.4 is 4.74 Å². The number of benzene rings is 1. The smallest absolute Gasteiger partial charge is 0.330 e. The first-order valence-corrected chi connectivity index (χ1v) is 4.56. The van der Waals surface area contributed by atoms with E-state index in [1.807, 2.05) is 6.07 Å². The van der Waals surface area contributed by atoms with Gasteiger partial charge in [-0.15, -0.1) is 0 Å². The lowest BCUT2D eigenvalue weighted by Gasteiger charge is -2.05. The standard InChI is InChI=1S/C12H11NO3/c1-15-11(14)7-6-9-4-3-5-10(8-13)12(9)16-2/h3-7H,1-2H3/b7-6+. The summed E-state index contributed by atoms with van der Waals surface area (Å²) in [5.41, 5.74) is 1.08. The molecule has 0 aromatic heterocycles. The minimum absolute atomic E-state index is 0.425. The molecule has 4 heteroatoms. The molecule has 0 atom stereocenters. The molecule has 0 heterocycles. The van der Waals surface area contributed by atoms with Gasteiger partial charge in [0.15, 0.2) is 0 Å². The first-order chi connectivity index (χ1) is 7.72. The van der Waals surface area contributed by atoms with Crippen molar-refractivity contribution in [1.82, 2.24) is 0 Å². The molecular formula is C12H11NO3. The Morgan fingerprint density at radius 1 is 1.44 bits per heavy atom. The monoisotopic (exact) mass is 217 g/mol. The Balaban J connectivity index is 3.10. The summed E-state index contributed by atoms with van der Waals surface area (Å²) in [6.07, 6.45) is 2.82. The fourth-order valence-corrected chi connectivity index (χ4v) is 1.23. The van der Waals surface area contributed by atoms with Crippen LogP contribution in [0.5, 0.6) is 5.75 Å². The summed E-state index contributed by atoms with van der Waals surface area (Å²) in [4.78, 5) is 10.9. The van der Waals surface area contributed by atoms with Gasteiger partial charge in [0.05, 0.1) is 19.8 Å². The number of carbonyl (C=O) groups is 1. The van der Waals surface area contributed by atoms with Crippen LogP contribution in [0.15, 0.2) is 24.3 Å². The third-order valence-electron chi connectivity index (χ3n) is 1.97. The fraction of sp³-hybridized carbons (Fsp3) is 0.167. The molecule has 0 bridgehead atoms. The highest BCUT2D eigenvalue weighted by Gasteiger charge is 2.06. The number of carbonyl (C=O) groups excluding carboxylic acids is 1. The molecule has 1 rings (SSSR count). The van der Waals surface area contributed by atoms with E-state index >= 15 is 0 Å². The van der Waals surface area contributed by atoms with Gasteiger partial charge < -0.3 is 9.47 Å². The van der Waals surface area contributed by atoms with Gasteiger partial charge in [-0.25, -0.2) is 4.79 Å². The van der Waals surface area contributed by atoms with E-state index < -0.39 is 5.97 Å². The Morgan fingerprint density at radius 3 is 2.75 bits per heavy atom. The molecular weight excluding hydrogens is 206 g/mol. The van der Waals surface area contributed by atoms with E-state index in [1.165, 1.54) is 20.3 Å². The summed E-state index contributed by atoms with van der Waals surface area (Å²) in [6.45, 7) is 0. The average molecular weight is 217 g/mol. The molecule has 1 aromatic rings. The predicted molar refractivity (Wildman–Crippen MR) is 58.8 cm³/mol. The van der Waals surface area contributed by atoms with Crippen LogP contribution in [0.25, 0.3) is 6.08 Å². The predicted octanol–water partition coefficient (Wildman–Crippen LogP) is 1.75. The highest BCUT2D eigenvalue weighted by atomic mass is 16.5. The lowest BCUT2D eigenvalue weighted by atomic mass is 10.1. The third kappa shape index (κ3) is 2.61. The fourth-order valence-electron chi connectivity index (χ4n) is 1.23. The molecule has 0 saturated carbocycles. The van der Waals surface area contributed by atoms with Crippen LogP contribution in [-0.2, 0) is 9.53 Å². The SMILES string of the molecule is COC(=O)/C=C/c1cccc(C#N)c1OC. The summed E-state index contributed by atoms with van der Waals surface area (Å²) in [7, 11) is 2.78. The molecule has 82 valence electrons. The first-order valence-electron chi connectivity index (χ1n) is 4.56. The Morgan fingerprint density at radius 2 is 2.19 bits per heavy atom. The topological polar surface area (TPSA) is 59.3 Å². The van der Waals surface area contributed by atoms with E-state index in [0.717, 1.165) is 0 Å². The Labute approximate surface area is 93.7 Å². The normalized spacial score (nSPS) is 9.81. The summed E-state index contributed by atoms with van der Waals surface area (Å²) < 4.78 is 9.58. The first kappa shape index (κ1) is 11.8. The van der Waals surface area contributed by atoms with E-state index in [2.05, 4.69) is 4.74 Å². The summed E-state index contributed by atoms with van der Waals surface area (Å²) >= 11 is 0. The molecule has 0 spiro atoms. The largest absolute Gasteiger partial charge is 0.495 e. The van der Waals surface area contributed by atoms with Crippen molar-refractivity contribution in [2.75, 3.05) is 14.2 Å². The quantitative estimate of drug-likeness (QED) is 0.571. The van der Waals surface area contributed by atoms with Crippen LogP contribution in [0.2, 0.25) is 0 Å². The molecule has 0 N–H and O–H groups in total. The highest BCUT2D eigenvalue weighted by Crippen LogP contribution is 2.24. The van der Waals surface area contributed by atoms with Gasteiger partial charge in [0.25, 0.3) is 0 Å². The van der Waals surface area contributed by atoms with Crippen molar-refractivity contribution < 1.29 is 14.3 Å². The number of methoxy groups -OCH3 is 2. The molecule has 0 aliphatic heterocycles. The number of nitriles is 1. The summed E-state index contributed by atoms with van der Waals surface area (Å²) in [6, 6.07) is 7.13. The van der Waals surface area contributed by atoms with E-state index in [-0.39, 0.29) is 0 Å². The van der Waals surface area contributed by atoms with Gasteiger partial charge in [-0.1, -0.05) is 12.1 Å². The van der Waals surface area contributed by atoms with Gasteiger partial charge in [-0.2, -0.15) is 5.26 Å². The number of hydrogen-bond donors (Lipinski definition) is 0. The van der Waals surface area contributed by atoms with Crippen LogP contribution in [0.4, 0.5) is 0 Å². The zero-order chi connectivity index (χ0) is 12.0. The minimum atomic E-state index is -0.454. The van der Waals surface area contributed by atoms with Crippen molar-refractivity contribution in [3.8, 4) is 11.8 Å². The van der Waals surface area contributed by atoms with Gasteiger partial charge in [0.1, 0.15) is 11.8 Å². The van der Waals surface area contributed by atoms with E-state index in [1.54, 1.807) is 24.3 Å². The van der Waals surface area contributed by atoms with Crippen molar-refractivity contribution >= 4 is 12.0 Å². The Hall–Kier alpha value is -2.28. The molecule has 4 nitrogen and oxygen atoms in total. The van der Waals surface area contributed by atoms with E-state index in [9.17, 15) is 4.79 Å².